The van der Waals surface area contributed by atoms with Gasteiger partial charge in [-0.1, -0.05) is 23.7 Å². The normalized spacial score (nSPS) is 14.1. The van der Waals surface area contributed by atoms with Crippen molar-refractivity contribution >= 4 is 28.8 Å². The predicted octanol–water partition coefficient (Wildman–Crippen LogP) is 5.23. The van der Waals surface area contributed by atoms with Crippen LogP contribution in [0.4, 0.5) is 5.82 Å². The minimum atomic E-state index is 0.783. The Kier molecular flexibility index (Phi) is 4.33. The number of anilines is 1. The first kappa shape index (κ1) is 15.7. The van der Waals surface area contributed by atoms with Crippen LogP contribution in [0.25, 0.3) is 5.69 Å². The second-order valence-electron chi connectivity index (χ2n) is 6.21. The molecule has 0 unspecified atom stereocenters. The maximum atomic E-state index is 6.34. The number of aromatic nitrogens is 2. The van der Waals surface area contributed by atoms with E-state index in [0.717, 1.165) is 41.5 Å². The van der Waals surface area contributed by atoms with Crippen LogP contribution in [-0.4, -0.2) is 16.3 Å². The fraction of sp³-hybridized carbons (Fsp3) is 0.316. The van der Waals surface area contributed by atoms with E-state index in [0.29, 0.717) is 0 Å². The molecule has 0 saturated heterocycles. The third-order valence-electron chi connectivity index (χ3n) is 4.60. The lowest BCUT2D eigenvalue weighted by molar-refractivity contribution is 0.767. The zero-order valence-electron chi connectivity index (χ0n) is 13.7. The Labute approximate surface area is 151 Å². The van der Waals surface area contributed by atoms with E-state index in [-0.39, 0.29) is 0 Å². The topological polar surface area (TPSA) is 29.9 Å². The Bertz CT molecular complexity index is 852. The summed E-state index contributed by atoms with van der Waals surface area (Å²) in [5.74, 6) is 1.14. The molecule has 3 nitrogen and oxygen atoms in total. The lowest BCUT2D eigenvalue weighted by atomic mass is 10.1. The van der Waals surface area contributed by atoms with E-state index >= 15 is 0 Å². The number of nitrogens with zero attached hydrogens (tertiary/aromatic N) is 2. The first-order chi connectivity index (χ1) is 11.7. The average Bonchev–Trinajstić information content (AvgIpc) is 3.12. The van der Waals surface area contributed by atoms with Gasteiger partial charge in [0.1, 0.15) is 5.82 Å². The van der Waals surface area contributed by atoms with Gasteiger partial charge in [-0.15, -0.1) is 11.3 Å². The van der Waals surface area contributed by atoms with Gasteiger partial charge in [0.25, 0.3) is 0 Å². The van der Waals surface area contributed by atoms with Crippen LogP contribution in [0.15, 0.2) is 35.7 Å². The third kappa shape index (κ3) is 2.85. The highest BCUT2D eigenvalue weighted by Crippen LogP contribution is 2.32. The van der Waals surface area contributed by atoms with Crippen molar-refractivity contribution in [3.05, 3.63) is 62.4 Å². The summed E-state index contributed by atoms with van der Waals surface area (Å²) < 4.78 is 2.06. The number of nitrogens with one attached hydrogen (secondary N) is 1. The monoisotopic (exact) mass is 357 g/mol. The number of hydrogen-bond acceptors (Lipinski definition) is 3. The molecule has 24 heavy (non-hydrogen) atoms. The van der Waals surface area contributed by atoms with Crippen LogP contribution in [0.3, 0.4) is 0 Å². The molecule has 1 aliphatic rings. The molecule has 3 heterocycles. The lowest BCUT2D eigenvalue weighted by Crippen LogP contribution is -2.08. The van der Waals surface area contributed by atoms with Crippen LogP contribution >= 0.6 is 22.9 Å². The van der Waals surface area contributed by atoms with Crippen molar-refractivity contribution in [2.24, 2.45) is 0 Å². The molecule has 124 valence electrons. The van der Waals surface area contributed by atoms with E-state index in [2.05, 4.69) is 40.5 Å². The van der Waals surface area contributed by atoms with Gasteiger partial charge >= 0.3 is 0 Å². The average molecular weight is 358 g/mol. The zero-order valence-corrected chi connectivity index (χ0v) is 15.3. The van der Waals surface area contributed by atoms with E-state index in [1.807, 2.05) is 12.1 Å². The molecular formula is C19H20ClN3S. The fourth-order valence-corrected chi connectivity index (χ4v) is 4.17. The molecule has 4 rings (SSSR count). The largest absolute Gasteiger partial charge is 0.370 e. The van der Waals surface area contributed by atoms with Crippen molar-refractivity contribution < 1.29 is 0 Å². The van der Waals surface area contributed by atoms with Gasteiger partial charge in [-0.3, -0.25) is 0 Å². The Morgan fingerprint density at radius 2 is 2.17 bits per heavy atom. The minimum absolute atomic E-state index is 0.783. The molecule has 3 aromatic rings. The van der Waals surface area contributed by atoms with E-state index in [1.54, 1.807) is 11.3 Å². The first-order valence-corrected chi connectivity index (χ1v) is 9.62. The van der Waals surface area contributed by atoms with Crippen molar-refractivity contribution in [2.45, 2.75) is 32.6 Å². The summed E-state index contributed by atoms with van der Waals surface area (Å²) in [5, 5.41) is 11.5. The fourth-order valence-electron chi connectivity index (χ4n) is 3.29. The van der Waals surface area contributed by atoms with Gasteiger partial charge in [-0.25, -0.2) is 4.68 Å². The van der Waals surface area contributed by atoms with Gasteiger partial charge in [-0.2, -0.15) is 5.10 Å². The van der Waals surface area contributed by atoms with Crippen molar-refractivity contribution in [3.63, 3.8) is 0 Å². The van der Waals surface area contributed by atoms with Gasteiger partial charge < -0.3 is 5.32 Å². The molecule has 0 aliphatic carbocycles. The van der Waals surface area contributed by atoms with Crippen LogP contribution < -0.4 is 5.32 Å². The molecule has 0 fully saturated rings. The van der Waals surface area contributed by atoms with Crippen LogP contribution in [0.2, 0.25) is 5.02 Å². The molecule has 2 aromatic heterocycles. The van der Waals surface area contributed by atoms with E-state index in [4.69, 9.17) is 16.7 Å². The molecule has 5 heteroatoms. The minimum Gasteiger partial charge on any atom is -0.370 e. The van der Waals surface area contributed by atoms with Crippen LogP contribution in [0.1, 0.15) is 34.5 Å². The van der Waals surface area contributed by atoms with E-state index in [9.17, 15) is 0 Å². The highest BCUT2D eigenvalue weighted by Gasteiger charge is 2.22. The Morgan fingerprint density at radius 1 is 1.25 bits per heavy atom. The highest BCUT2D eigenvalue weighted by molar-refractivity contribution is 7.09. The Balaban J connectivity index is 1.84. The summed E-state index contributed by atoms with van der Waals surface area (Å²) in [6, 6.07) is 10.3. The van der Waals surface area contributed by atoms with Crippen molar-refractivity contribution in [3.8, 4) is 5.69 Å². The maximum absolute atomic E-state index is 6.34. The van der Waals surface area contributed by atoms with E-state index < -0.39 is 0 Å². The maximum Gasteiger partial charge on any atom is 0.133 e. The van der Waals surface area contributed by atoms with Crippen LogP contribution in [0, 0.1) is 6.92 Å². The van der Waals surface area contributed by atoms with Crippen LogP contribution in [-0.2, 0) is 12.8 Å². The molecule has 0 amide bonds. The second-order valence-corrected chi connectivity index (χ2v) is 7.65. The molecule has 1 aliphatic heterocycles. The number of benzene rings is 1. The summed E-state index contributed by atoms with van der Waals surface area (Å²) in [6.45, 7) is 3.05. The number of halogens is 1. The number of hydrogen-bond donors (Lipinski definition) is 1. The van der Waals surface area contributed by atoms with Crippen molar-refractivity contribution in [1.82, 2.24) is 9.78 Å². The predicted molar refractivity (Wildman–Crippen MR) is 102 cm³/mol. The summed E-state index contributed by atoms with van der Waals surface area (Å²) in [7, 11) is 0. The standard InChI is InChI=1S/C19H20ClN3S/c1-13-16(20)8-4-9-18(13)23-19-15(7-2-3-10-21-19)17(22-23)12-14-6-5-11-24-14/h4-6,8-9,11,21H,2-3,7,10,12H2,1H3. The first-order valence-electron chi connectivity index (χ1n) is 8.36. The summed E-state index contributed by atoms with van der Waals surface area (Å²) in [5.41, 5.74) is 4.67. The summed E-state index contributed by atoms with van der Waals surface area (Å²) >= 11 is 8.13. The molecule has 0 bridgehead atoms. The Morgan fingerprint density at radius 3 is 3.00 bits per heavy atom. The van der Waals surface area contributed by atoms with Crippen LogP contribution in [0.5, 0.6) is 0 Å². The quantitative estimate of drug-likeness (QED) is 0.695. The van der Waals surface area contributed by atoms with Gasteiger partial charge in [0.05, 0.1) is 11.4 Å². The van der Waals surface area contributed by atoms with Gasteiger partial charge in [0, 0.05) is 28.4 Å². The van der Waals surface area contributed by atoms with Gasteiger partial charge in [0.2, 0.25) is 0 Å². The van der Waals surface area contributed by atoms with Crippen molar-refractivity contribution in [1.29, 1.82) is 0 Å². The molecule has 0 saturated carbocycles. The molecule has 0 radical (unpaired) electrons. The zero-order chi connectivity index (χ0) is 16.5. The Hall–Kier alpha value is -1.78. The molecule has 1 aromatic carbocycles. The second kappa shape index (κ2) is 6.61. The van der Waals surface area contributed by atoms with Crippen molar-refractivity contribution in [2.75, 3.05) is 11.9 Å². The number of thiophene rings is 1. The summed E-state index contributed by atoms with van der Waals surface area (Å²) in [4.78, 5) is 1.36. The van der Waals surface area contributed by atoms with E-state index in [1.165, 1.54) is 29.0 Å². The third-order valence-corrected chi connectivity index (χ3v) is 5.89. The summed E-state index contributed by atoms with van der Waals surface area (Å²) in [6.07, 6.45) is 4.39. The molecule has 0 spiro atoms. The molecule has 1 N–H and O–H groups in total. The number of fused-ring (bicyclic) bond motifs is 1. The lowest BCUT2D eigenvalue weighted by Gasteiger charge is -2.12. The SMILES string of the molecule is Cc1c(Cl)cccc1-n1nc(Cc2cccs2)c2c1NCCCC2. The number of rotatable bonds is 3. The van der Waals surface area contributed by atoms with Gasteiger partial charge in [0.15, 0.2) is 0 Å². The highest BCUT2D eigenvalue weighted by atomic mass is 35.5. The smallest absolute Gasteiger partial charge is 0.133 e. The molecule has 0 atom stereocenters. The molecular weight excluding hydrogens is 338 g/mol. The van der Waals surface area contributed by atoms with Gasteiger partial charge in [-0.05, 0) is 55.3 Å².